The van der Waals surface area contributed by atoms with E-state index in [1.54, 1.807) is 17.0 Å². The van der Waals surface area contributed by atoms with Gasteiger partial charge in [-0.25, -0.2) is 0 Å². The number of nitrogens with two attached hydrogens (primary N) is 1. The third-order valence-corrected chi connectivity index (χ3v) is 4.64. The molecule has 1 aromatic heterocycles. The van der Waals surface area contributed by atoms with Crippen LogP contribution in [0.4, 0.5) is 0 Å². The summed E-state index contributed by atoms with van der Waals surface area (Å²) in [5.74, 6) is 0.962. The van der Waals surface area contributed by atoms with Gasteiger partial charge in [0, 0.05) is 43.1 Å². The number of benzene rings is 2. The van der Waals surface area contributed by atoms with Crippen LogP contribution in [0.1, 0.15) is 17.9 Å². The van der Waals surface area contributed by atoms with Crippen LogP contribution in [0.5, 0.6) is 0 Å². The Balaban J connectivity index is 1.54. The molecule has 0 saturated carbocycles. The minimum atomic E-state index is 0.0348. The third kappa shape index (κ3) is 5.65. The minimum absolute atomic E-state index is 0.0348. The van der Waals surface area contributed by atoms with Crippen molar-refractivity contribution < 1.29 is 9.32 Å². The predicted octanol–water partition coefficient (Wildman–Crippen LogP) is 3.35. The van der Waals surface area contributed by atoms with Gasteiger partial charge < -0.3 is 15.2 Å². The Morgan fingerprint density at radius 2 is 1.79 bits per heavy atom. The third-order valence-electron chi connectivity index (χ3n) is 4.39. The molecule has 1 heterocycles. The van der Waals surface area contributed by atoms with Crippen LogP contribution in [-0.2, 0) is 17.6 Å². The zero-order valence-corrected chi connectivity index (χ0v) is 16.3. The largest absolute Gasteiger partial charge is 0.341 e. The second kappa shape index (κ2) is 10.0. The SMILES string of the molecule is NCCN(CCc1ccccc1)C(=O)CCc1nc(-c2ccc(Cl)cc2)no1. The number of aryl methyl sites for hydroxylation is 1. The molecule has 0 unspecified atom stereocenters. The molecule has 0 bridgehead atoms. The molecule has 0 spiro atoms. The van der Waals surface area contributed by atoms with Crippen LogP contribution in [-0.4, -0.2) is 40.6 Å². The van der Waals surface area contributed by atoms with E-state index in [-0.39, 0.29) is 5.91 Å². The molecule has 28 heavy (non-hydrogen) atoms. The van der Waals surface area contributed by atoms with Crippen LogP contribution in [0, 0.1) is 0 Å². The number of amides is 1. The molecule has 0 aliphatic rings. The summed E-state index contributed by atoms with van der Waals surface area (Å²) in [5, 5.41) is 4.62. The summed E-state index contributed by atoms with van der Waals surface area (Å²) in [4.78, 5) is 18.8. The average molecular weight is 399 g/mol. The summed E-state index contributed by atoms with van der Waals surface area (Å²) in [5.41, 5.74) is 7.69. The number of carbonyl (C=O) groups is 1. The molecule has 3 aromatic rings. The summed E-state index contributed by atoms with van der Waals surface area (Å²) in [6.45, 7) is 1.60. The molecule has 1 amide bonds. The van der Waals surface area contributed by atoms with Gasteiger partial charge in [-0.3, -0.25) is 4.79 Å². The van der Waals surface area contributed by atoms with Crippen molar-refractivity contribution in [3.63, 3.8) is 0 Å². The van der Waals surface area contributed by atoms with Gasteiger partial charge in [-0.05, 0) is 36.2 Å². The highest BCUT2D eigenvalue weighted by Crippen LogP contribution is 2.19. The van der Waals surface area contributed by atoms with E-state index in [2.05, 4.69) is 22.3 Å². The fourth-order valence-electron chi connectivity index (χ4n) is 2.87. The summed E-state index contributed by atoms with van der Waals surface area (Å²) in [6, 6.07) is 17.3. The van der Waals surface area contributed by atoms with Gasteiger partial charge in [0.1, 0.15) is 0 Å². The lowest BCUT2D eigenvalue weighted by Gasteiger charge is -2.22. The van der Waals surface area contributed by atoms with Crippen molar-refractivity contribution in [2.45, 2.75) is 19.3 Å². The molecule has 7 heteroatoms. The van der Waals surface area contributed by atoms with Crippen LogP contribution in [0.3, 0.4) is 0 Å². The minimum Gasteiger partial charge on any atom is -0.341 e. The van der Waals surface area contributed by atoms with E-state index in [9.17, 15) is 4.79 Å². The molecule has 0 fully saturated rings. The summed E-state index contributed by atoms with van der Waals surface area (Å²) < 4.78 is 5.28. The highest BCUT2D eigenvalue weighted by atomic mass is 35.5. The van der Waals surface area contributed by atoms with Crippen LogP contribution in [0.15, 0.2) is 59.1 Å². The van der Waals surface area contributed by atoms with Gasteiger partial charge in [-0.15, -0.1) is 0 Å². The standard InChI is InChI=1S/C21H23ClN4O2/c22-18-8-6-17(7-9-18)21-24-19(28-25-21)10-11-20(27)26(15-13-23)14-12-16-4-2-1-3-5-16/h1-9H,10-15,23H2. The van der Waals surface area contributed by atoms with E-state index >= 15 is 0 Å². The van der Waals surface area contributed by atoms with Crippen molar-refractivity contribution in [1.29, 1.82) is 0 Å². The monoisotopic (exact) mass is 398 g/mol. The van der Waals surface area contributed by atoms with Crippen LogP contribution in [0.25, 0.3) is 11.4 Å². The van der Waals surface area contributed by atoms with Gasteiger partial charge in [0.2, 0.25) is 17.6 Å². The summed E-state index contributed by atoms with van der Waals surface area (Å²) >= 11 is 5.89. The predicted molar refractivity (Wildman–Crippen MR) is 109 cm³/mol. The Bertz CT molecular complexity index is 881. The summed E-state index contributed by atoms with van der Waals surface area (Å²) in [7, 11) is 0. The van der Waals surface area contributed by atoms with Gasteiger partial charge in [-0.2, -0.15) is 4.98 Å². The topological polar surface area (TPSA) is 85.2 Å². The van der Waals surface area contributed by atoms with E-state index < -0.39 is 0 Å². The number of hydrogen-bond donors (Lipinski definition) is 1. The second-order valence-corrected chi connectivity index (χ2v) is 6.86. The Morgan fingerprint density at radius 1 is 1.04 bits per heavy atom. The van der Waals surface area contributed by atoms with Crippen molar-refractivity contribution >= 4 is 17.5 Å². The lowest BCUT2D eigenvalue weighted by atomic mass is 10.1. The van der Waals surface area contributed by atoms with Gasteiger partial charge in [0.15, 0.2) is 0 Å². The smallest absolute Gasteiger partial charge is 0.227 e. The Kier molecular flexibility index (Phi) is 7.17. The molecule has 0 atom stereocenters. The zero-order chi connectivity index (χ0) is 19.8. The first-order chi connectivity index (χ1) is 13.7. The molecule has 0 saturated heterocycles. The maximum absolute atomic E-state index is 12.6. The molecule has 3 rings (SSSR count). The fourth-order valence-corrected chi connectivity index (χ4v) is 3.00. The molecule has 2 N–H and O–H groups in total. The number of aromatic nitrogens is 2. The van der Waals surface area contributed by atoms with Gasteiger partial charge >= 0.3 is 0 Å². The van der Waals surface area contributed by atoms with Gasteiger partial charge in [0.05, 0.1) is 0 Å². The quantitative estimate of drug-likeness (QED) is 0.597. The van der Waals surface area contributed by atoms with Crippen molar-refractivity contribution in [2.24, 2.45) is 5.73 Å². The maximum Gasteiger partial charge on any atom is 0.227 e. The fraction of sp³-hybridized carbons (Fsp3) is 0.286. The second-order valence-electron chi connectivity index (χ2n) is 6.42. The zero-order valence-electron chi connectivity index (χ0n) is 15.6. The Hall–Kier alpha value is -2.70. The number of rotatable bonds is 9. The lowest BCUT2D eigenvalue weighted by molar-refractivity contribution is -0.131. The van der Waals surface area contributed by atoms with Crippen LogP contribution < -0.4 is 5.73 Å². The Labute approximate surface area is 169 Å². The van der Waals surface area contributed by atoms with E-state index in [1.807, 2.05) is 30.3 Å². The maximum atomic E-state index is 12.6. The van der Waals surface area contributed by atoms with E-state index in [4.69, 9.17) is 21.9 Å². The first-order valence-electron chi connectivity index (χ1n) is 9.26. The molecule has 146 valence electrons. The first kappa shape index (κ1) is 20.0. The van der Waals surface area contributed by atoms with Crippen LogP contribution in [0.2, 0.25) is 5.02 Å². The number of halogens is 1. The molecular formula is C21H23ClN4O2. The van der Waals surface area contributed by atoms with Crippen molar-refractivity contribution in [2.75, 3.05) is 19.6 Å². The van der Waals surface area contributed by atoms with Gasteiger partial charge in [0.25, 0.3) is 0 Å². The lowest BCUT2D eigenvalue weighted by Crippen LogP contribution is -2.37. The number of hydrogen-bond acceptors (Lipinski definition) is 5. The summed E-state index contributed by atoms with van der Waals surface area (Å²) in [6.07, 6.45) is 1.50. The highest BCUT2D eigenvalue weighted by molar-refractivity contribution is 6.30. The number of carbonyl (C=O) groups excluding carboxylic acids is 1. The molecule has 6 nitrogen and oxygen atoms in total. The van der Waals surface area contributed by atoms with Crippen molar-refractivity contribution in [3.05, 3.63) is 71.1 Å². The van der Waals surface area contributed by atoms with Crippen LogP contribution >= 0.6 is 11.6 Å². The van der Waals surface area contributed by atoms with E-state index in [1.165, 1.54) is 5.56 Å². The van der Waals surface area contributed by atoms with E-state index in [0.717, 1.165) is 12.0 Å². The van der Waals surface area contributed by atoms with E-state index in [0.29, 0.717) is 49.2 Å². The normalized spacial score (nSPS) is 10.8. The molecule has 0 aliphatic heterocycles. The molecule has 2 aromatic carbocycles. The molecule has 0 aliphatic carbocycles. The van der Waals surface area contributed by atoms with Crippen molar-refractivity contribution in [3.8, 4) is 11.4 Å². The van der Waals surface area contributed by atoms with Gasteiger partial charge in [-0.1, -0.05) is 47.1 Å². The highest BCUT2D eigenvalue weighted by Gasteiger charge is 2.15. The Morgan fingerprint density at radius 3 is 2.50 bits per heavy atom. The van der Waals surface area contributed by atoms with Crippen molar-refractivity contribution in [1.82, 2.24) is 15.0 Å². The average Bonchev–Trinajstić information content (AvgIpc) is 3.19. The number of nitrogens with zero attached hydrogens (tertiary/aromatic N) is 3. The first-order valence-corrected chi connectivity index (χ1v) is 9.64. The molecule has 0 radical (unpaired) electrons. The molecular weight excluding hydrogens is 376 g/mol.